The average Bonchev–Trinajstić information content (AvgIpc) is 3.54. The molecule has 1 unspecified atom stereocenters. The minimum Gasteiger partial charge on any atom is -0.342 e. The van der Waals surface area contributed by atoms with Crippen molar-refractivity contribution in [2.45, 2.75) is 30.2 Å². The zero-order valence-corrected chi connectivity index (χ0v) is 20.5. The molecule has 0 aliphatic carbocycles. The lowest BCUT2D eigenvalue weighted by molar-refractivity contribution is -0.127. The fourth-order valence-corrected chi connectivity index (χ4v) is 7.19. The number of thiazole rings is 1. The Hall–Kier alpha value is -1.98. The maximum Gasteiger partial charge on any atom is 0.240 e. The first-order valence-corrected chi connectivity index (χ1v) is 13.6. The van der Waals surface area contributed by atoms with Crippen LogP contribution in [0, 0.1) is 0 Å². The monoisotopic (exact) mass is 508 g/mol. The largest absolute Gasteiger partial charge is 0.342 e. The van der Waals surface area contributed by atoms with Crippen molar-refractivity contribution in [3.63, 3.8) is 0 Å². The van der Waals surface area contributed by atoms with Crippen LogP contribution in [0.5, 0.6) is 0 Å². The lowest BCUT2D eigenvalue weighted by atomic mass is 9.81. The Labute approximate surface area is 199 Å². The molecule has 2 aromatic heterocycles. The summed E-state index contributed by atoms with van der Waals surface area (Å²) in [6, 6.07) is 9.04. The number of benzene rings is 1. The van der Waals surface area contributed by atoms with Crippen molar-refractivity contribution in [2.75, 3.05) is 24.5 Å². The number of nitrogens with one attached hydrogen (secondary N) is 1. The van der Waals surface area contributed by atoms with Crippen LogP contribution in [-0.2, 0) is 26.8 Å². The average molecular weight is 509 g/mol. The third-order valence-corrected chi connectivity index (χ3v) is 9.53. The molecule has 2 aliphatic rings. The minimum atomic E-state index is -3.69. The molecule has 32 heavy (non-hydrogen) atoms. The number of hydrogen-bond donors (Lipinski definition) is 1. The molecule has 0 bridgehead atoms. The van der Waals surface area contributed by atoms with Crippen LogP contribution < -0.4 is 9.62 Å². The van der Waals surface area contributed by atoms with E-state index in [-0.39, 0.29) is 22.8 Å². The van der Waals surface area contributed by atoms with Crippen molar-refractivity contribution in [2.24, 2.45) is 0 Å². The molecule has 4 heterocycles. The van der Waals surface area contributed by atoms with Gasteiger partial charge < -0.3 is 9.80 Å². The zero-order chi connectivity index (χ0) is 22.5. The van der Waals surface area contributed by atoms with Crippen LogP contribution in [0.4, 0.5) is 10.8 Å². The first kappa shape index (κ1) is 21.8. The summed E-state index contributed by atoms with van der Waals surface area (Å²) < 4.78 is 29.4. The Bertz CT molecular complexity index is 1280. The number of carbonyl (C=O) groups is 1. The van der Waals surface area contributed by atoms with Crippen molar-refractivity contribution in [3.05, 3.63) is 56.7 Å². The summed E-state index contributed by atoms with van der Waals surface area (Å²) in [6.07, 6.45) is 2.39. The molecule has 1 N–H and O–H groups in total. The molecule has 5 rings (SSSR count). The van der Waals surface area contributed by atoms with Crippen molar-refractivity contribution in [1.82, 2.24) is 14.6 Å². The van der Waals surface area contributed by atoms with Crippen LogP contribution in [0.3, 0.4) is 0 Å². The van der Waals surface area contributed by atoms with E-state index in [1.165, 1.54) is 22.7 Å². The van der Waals surface area contributed by atoms with Gasteiger partial charge in [-0.3, -0.25) is 4.79 Å². The van der Waals surface area contributed by atoms with Gasteiger partial charge in [-0.15, -0.1) is 11.3 Å². The highest BCUT2D eigenvalue weighted by Gasteiger charge is 2.49. The molecule has 1 aromatic carbocycles. The van der Waals surface area contributed by atoms with Crippen molar-refractivity contribution in [1.29, 1.82) is 0 Å². The molecule has 7 nitrogen and oxygen atoms in total. The van der Waals surface area contributed by atoms with E-state index < -0.39 is 10.0 Å². The second-order valence-electron chi connectivity index (χ2n) is 8.09. The lowest BCUT2D eigenvalue weighted by Gasteiger charge is -2.25. The topological polar surface area (TPSA) is 82.6 Å². The number of sulfonamides is 1. The zero-order valence-electron chi connectivity index (χ0n) is 17.2. The lowest BCUT2D eigenvalue weighted by Crippen LogP contribution is -2.36. The third kappa shape index (κ3) is 3.84. The van der Waals surface area contributed by atoms with E-state index in [2.05, 4.69) is 14.6 Å². The standard InChI is InChI=1S/C21H21ClN4O3S3/c1-14(27)25-7-6-21(12-25)13-26(20-23-11-19(22)31-20)18-5-4-16(9-17(18)21)32(28,29)24-10-15-3-2-8-30-15/h2-5,8-9,11,24H,6-7,10,12-13H2,1H3. The second kappa shape index (κ2) is 8.11. The number of rotatable bonds is 5. The Kier molecular flexibility index (Phi) is 5.53. The predicted octanol–water partition coefficient (Wildman–Crippen LogP) is 3.98. The number of halogens is 1. The van der Waals surface area contributed by atoms with Gasteiger partial charge in [0.15, 0.2) is 5.13 Å². The molecule has 1 spiro atoms. The van der Waals surface area contributed by atoms with E-state index in [1.54, 1.807) is 25.3 Å². The fraction of sp³-hybridized carbons (Fsp3) is 0.333. The molecule has 168 valence electrons. The summed E-state index contributed by atoms with van der Waals surface area (Å²) in [6.45, 7) is 3.65. The summed E-state index contributed by atoms with van der Waals surface area (Å²) in [5.74, 6) is 0.0283. The van der Waals surface area contributed by atoms with Gasteiger partial charge in [0.2, 0.25) is 15.9 Å². The van der Waals surface area contributed by atoms with Gasteiger partial charge in [-0.2, -0.15) is 0 Å². The molecular weight excluding hydrogens is 488 g/mol. The smallest absolute Gasteiger partial charge is 0.240 e. The van der Waals surface area contributed by atoms with Crippen LogP contribution in [0.15, 0.2) is 46.8 Å². The highest BCUT2D eigenvalue weighted by atomic mass is 35.5. The van der Waals surface area contributed by atoms with Crippen LogP contribution in [0.25, 0.3) is 0 Å². The van der Waals surface area contributed by atoms with E-state index in [0.717, 1.165) is 27.7 Å². The van der Waals surface area contributed by atoms with E-state index in [0.29, 0.717) is 24.0 Å². The molecule has 1 saturated heterocycles. The number of nitrogens with zero attached hydrogens (tertiary/aromatic N) is 3. The number of thiophene rings is 1. The predicted molar refractivity (Wildman–Crippen MR) is 127 cm³/mol. The summed E-state index contributed by atoms with van der Waals surface area (Å²) >= 11 is 9.03. The van der Waals surface area contributed by atoms with Gasteiger partial charge in [-0.05, 0) is 41.6 Å². The summed E-state index contributed by atoms with van der Waals surface area (Å²) in [7, 11) is -3.69. The second-order valence-corrected chi connectivity index (χ2v) is 12.5. The van der Waals surface area contributed by atoms with E-state index in [9.17, 15) is 13.2 Å². The van der Waals surface area contributed by atoms with Crippen molar-refractivity contribution in [3.8, 4) is 0 Å². The molecule has 0 radical (unpaired) electrons. The van der Waals surface area contributed by atoms with Gasteiger partial charge >= 0.3 is 0 Å². The highest BCUT2D eigenvalue weighted by Crippen LogP contribution is 2.50. The van der Waals surface area contributed by atoms with Gasteiger partial charge in [-0.25, -0.2) is 18.1 Å². The van der Waals surface area contributed by atoms with E-state index >= 15 is 0 Å². The van der Waals surface area contributed by atoms with Gasteiger partial charge in [0, 0.05) is 49.1 Å². The van der Waals surface area contributed by atoms with Crippen molar-refractivity contribution >= 4 is 61.0 Å². The summed E-state index contributed by atoms with van der Waals surface area (Å²) in [5, 5.41) is 2.68. The Balaban J connectivity index is 1.53. The molecule has 3 aromatic rings. The number of hydrogen-bond acceptors (Lipinski definition) is 7. The van der Waals surface area contributed by atoms with E-state index in [1.807, 2.05) is 28.5 Å². The highest BCUT2D eigenvalue weighted by molar-refractivity contribution is 7.89. The van der Waals surface area contributed by atoms with Crippen molar-refractivity contribution < 1.29 is 13.2 Å². The summed E-state index contributed by atoms with van der Waals surface area (Å²) in [5.41, 5.74) is 1.50. The number of amides is 1. The SMILES string of the molecule is CC(=O)N1CCC2(C1)CN(c1ncc(Cl)s1)c1ccc(S(=O)(=O)NCc3cccs3)cc12. The molecule has 2 aliphatic heterocycles. The number of fused-ring (bicyclic) bond motifs is 2. The Morgan fingerprint density at radius 1 is 1.31 bits per heavy atom. The molecule has 0 saturated carbocycles. The Morgan fingerprint density at radius 2 is 2.16 bits per heavy atom. The van der Waals surface area contributed by atoms with Gasteiger partial charge in [-0.1, -0.05) is 29.0 Å². The maximum atomic E-state index is 13.0. The van der Waals surface area contributed by atoms with Crippen LogP contribution in [0.2, 0.25) is 4.34 Å². The van der Waals surface area contributed by atoms with Gasteiger partial charge in [0.05, 0.1) is 11.1 Å². The normalized spacial score (nSPS) is 20.3. The minimum absolute atomic E-state index is 0.0283. The van der Waals surface area contributed by atoms with Crippen LogP contribution >= 0.6 is 34.3 Å². The van der Waals surface area contributed by atoms with Gasteiger partial charge in [0.25, 0.3) is 0 Å². The van der Waals surface area contributed by atoms with E-state index in [4.69, 9.17) is 11.6 Å². The fourth-order valence-electron chi connectivity index (χ4n) is 4.51. The molecule has 1 amide bonds. The third-order valence-electron chi connectivity index (χ3n) is 6.11. The maximum absolute atomic E-state index is 13.0. The number of likely N-dealkylation sites (tertiary alicyclic amines) is 1. The summed E-state index contributed by atoms with van der Waals surface area (Å²) in [4.78, 5) is 21.6. The number of aromatic nitrogens is 1. The van der Waals surface area contributed by atoms with Crippen LogP contribution in [-0.4, -0.2) is 43.8 Å². The van der Waals surface area contributed by atoms with Crippen LogP contribution in [0.1, 0.15) is 23.8 Å². The quantitative estimate of drug-likeness (QED) is 0.563. The molecular formula is C21H21ClN4O3S3. The number of carbonyl (C=O) groups excluding carboxylic acids is 1. The van der Waals surface area contributed by atoms with Gasteiger partial charge in [0.1, 0.15) is 4.34 Å². The number of anilines is 2. The molecule has 11 heteroatoms. The first-order chi connectivity index (χ1) is 15.3. The molecule has 1 atom stereocenters. The molecule has 1 fully saturated rings. The first-order valence-electron chi connectivity index (χ1n) is 10.1. The Morgan fingerprint density at radius 3 is 2.81 bits per heavy atom.